The van der Waals surface area contributed by atoms with E-state index in [0.717, 1.165) is 34.2 Å². The van der Waals surface area contributed by atoms with Crippen LogP contribution in [-0.2, 0) is 5.41 Å². The number of aromatic nitrogens is 1. The highest BCUT2D eigenvalue weighted by atomic mass is 79.9. The summed E-state index contributed by atoms with van der Waals surface area (Å²) in [5.41, 5.74) is 8.38. The minimum Gasteiger partial charge on any atom is -0.236 e. The Hall–Kier alpha value is -1.97. The second-order valence-corrected chi connectivity index (χ2v) is 16.4. The highest BCUT2D eigenvalue weighted by molar-refractivity contribution is 9.10. The SMILES string of the molecule is CC(C)CCCC(C)CCC1(CCC(C)CCCC(C)C)c2cc(Br)ccc2-c2ccc(-c3nc4ccccc4s3)cc21. The number of thiazole rings is 1. The van der Waals surface area contributed by atoms with Gasteiger partial charge >= 0.3 is 0 Å². The van der Waals surface area contributed by atoms with Crippen molar-refractivity contribution in [1.29, 1.82) is 0 Å². The van der Waals surface area contributed by atoms with E-state index < -0.39 is 0 Å². The number of para-hydroxylation sites is 1. The van der Waals surface area contributed by atoms with Gasteiger partial charge in [0.25, 0.3) is 0 Å². The topological polar surface area (TPSA) is 12.9 Å². The van der Waals surface area contributed by atoms with Gasteiger partial charge in [-0.2, -0.15) is 0 Å². The molecular weight excluding hydrogens is 606 g/mol. The molecular formula is C40H52BrNS. The van der Waals surface area contributed by atoms with E-state index in [2.05, 4.69) is 118 Å². The molecule has 1 aromatic heterocycles. The lowest BCUT2D eigenvalue weighted by molar-refractivity contribution is 0.327. The van der Waals surface area contributed by atoms with Gasteiger partial charge in [0.05, 0.1) is 10.2 Å². The first-order valence-corrected chi connectivity index (χ1v) is 18.6. The second-order valence-electron chi connectivity index (χ2n) is 14.5. The van der Waals surface area contributed by atoms with Gasteiger partial charge in [-0.1, -0.05) is 126 Å². The van der Waals surface area contributed by atoms with Crippen molar-refractivity contribution in [2.24, 2.45) is 23.7 Å². The van der Waals surface area contributed by atoms with Crippen LogP contribution in [0, 0.1) is 23.7 Å². The van der Waals surface area contributed by atoms with Crippen LogP contribution in [0.4, 0.5) is 0 Å². The Labute approximate surface area is 274 Å². The number of nitrogens with zero attached hydrogens (tertiary/aromatic N) is 1. The number of fused-ring (bicyclic) bond motifs is 4. The normalized spacial score (nSPS) is 17.5. The fraction of sp³-hybridized carbons (Fsp3) is 0.525. The predicted octanol–water partition coefficient (Wildman–Crippen LogP) is 13.5. The number of hydrogen-bond acceptors (Lipinski definition) is 2. The molecule has 0 bridgehead atoms. The number of hydrogen-bond donors (Lipinski definition) is 0. The molecule has 2 unspecified atom stereocenters. The molecule has 0 radical (unpaired) electrons. The van der Waals surface area contributed by atoms with Crippen LogP contribution in [0.1, 0.15) is 117 Å². The molecule has 3 aromatic carbocycles. The first kappa shape index (κ1) is 32.4. The Morgan fingerprint density at radius 1 is 0.674 bits per heavy atom. The molecule has 3 heteroatoms. The summed E-state index contributed by atoms with van der Waals surface area (Å²) in [4.78, 5) is 5.07. The van der Waals surface area contributed by atoms with Crippen molar-refractivity contribution in [3.63, 3.8) is 0 Å². The van der Waals surface area contributed by atoms with Crippen molar-refractivity contribution in [2.75, 3.05) is 0 Å². The molecule has 1 nitrogen and oxygen atoms in total. The second kappa shape index (κ2) is 14.4. The molecule has 4 aromatic rings. The van der Waals surface area contributed by atoms with Crippen LogP contribution in [0.2, 0.25) is 0 Å². The van der Waals surface area contributed by atoms with Gasteiger partial charge in [-0.15, -0.1) is 11.3 Å². The Morgan fingerprint density at radius 3 is 1.86 bits per heavy atom. The lowest BCUT2D eigenvalue weighted by atomic mass is 9.69. The van der Waals surface area contributed by atoms with E-state index in [1.165, 1.54) is 90.1 Å². The van der Waals surface area contributed by atoms with E-state index in [1.807, 2.05) is 11.3 Å². The van der Waals surface area contributed by atoms with Gasteiger partial charge in [-0.3, -0.25) is 0 Å². The van der Waals surface area contributed by atoms with Crippen molar-refractivity contribution >= 4 is 37.5 Å². The molecule has 0 aliphatic heterocycles. The van der Waals surface area contributed by atoms with Gasteiger partial charge in [-0.05, 0) is 102 Å². The molecule has 43 heavy (non-hydrogen) atoms. The smallest absolute Gasteiger partial charge is 0.124 e. The zero-order chi connectivity index (χ0) is 30.6. The summed E-state index contributed by atoms with van der Waals surface area (Å²) >= 11 is 5.70. The molecule has 0 spiro atoms. The fourth-order valence-electron chi connectivity index (χ4n) is 7.28. The maximum absolute atomic E-state index is 5.07. The zero-order valence-corrected chi connectivity index (χ0v) is 29.8. The van der Waals surface area contributed by atoms with Gasteiger partial charge in [0.15, 0.2) is 0 Å². The van der Waals surface area contributed by atoms with E-state index in [1.54, 1.807) is 11.1 Å². The molecule has 0 N–H and O–H groups in total. The summed E-state index contributed by atoms with van der Waals surface area (Å²) in [7, 11) is 0. The van der Waals surface area contributed by atoms with Crippen LogP contribution in [0.25, 0.3) is 31.9 Å². The Balaban J connectivity index is 1.52. The van der Waals surface area contributed by atoms with Crippen molar-refractivity contribution in [2.45, 2.75) is 111 Å². The molecule has 230 valence electrons. The van der Waals surface area contributed by atoms with Crippen LogP contribution < -0.4 is 0 Å². The maximum Gasteiger partial charge on any atom is 0.124 e. The molecule has 0 saturated heterocycles. The summed E-state index contributed by atoms with van der Waals surface area (Å²) in [6, 6.07) is 22.9. The largest absolute Gasteiger partial charge is 0.236 e. The van der Waals surface area contributed by atoms with E-state index in [9.17, 15) is 0 Å². The van der Waals surface area contributed by atoms with Gasteiger partial charge in [0.1, 0.15) is 5.01 Å². The van der Waals surface area contributed by atoms with Gasteiger partial charge in [0, 0.05) is 15.5 Å². The Kier molecular flexibility index (Phi) is 10.9. The first-order chi connectivity index (χ1) is 20.7. The van der Waals surface area contributed by atoms with E-state index in [0.29, 0.717) is 0 Å². The zero-order valence-electron chi connectivity index (χ0n) is 27.4. The van der Waals surface area contributed by atoms with Crippen LogP contribution in [0.5, 0.6) is 0 Å². The van der Waals surface area contributed by atoms with Crippen LogP contribution >= 0.6 is 27.3 Å². The molecule has 0 amide bonds. The molecule has 1 aliphatic carbocycles. The summed E-state index contributed by atoms with van der Waals surface area (Å²) in [5, 5.41) is 1.14. The minimum absolute atomic E-state index is 0.0414. The number of benzene rings is 3. The molecule has 2 atom stereocenters. The van der Waals surface area contributed by atoms with Crippen LogP contribution in [-0.4, -0.2) is 4.98 Å². The third-order valence-electron chi connectivity index (χ3n) is 9.95. The average Bonchev–Trinajstić information content (AvgIpc) is 3.52. The van der Waals surface area contributed by atoms with E-state index in [4.69, 9.17) is 4.98 Å². The Morgan fingerprint density at radius 2 is 1.26 bits per heavy atom. The lowest BCUT2D eigenvalue weighted by Crippen LogP contribution is -2.27. The minimum atomic E-state index is 0.0414. The number of halogens is 1. The summed E-state index contributed by atoms with van der Waals surface area (Å²) in [6.07, 6.45) is 13.0. The van der Waals surface area contributed by atoms with Gasteiger partial charge in [-0.25, -0.2) is 4.98 Å². The van der Waals surface area contributed by atoms with Crippen LogP contribution in [0.15, 0.2) is 65.1 Å². The molecule has 1 aliphatic rings. The van der Waals surface area contributed by atoms with Crippen LogP contribution in [0.3, 0.4) is 0 Å². The maximum atomic E-state index is 5.07. The summed E-state index contributed by atoms with van der Waals surface area (Å²) in [5.74, 6) is 3.07. The molecule has 1 heterocycles. The average molecular weight is 659 g/mol. The third-order valence-corrected chi connectivity index (χ3v) is 11.5. The summed E-state index contributed by atoms with van der Waals surface area (Å²) < 4.78 is 2.46. The highest BCUT2D eigenvalue weighted by Crippen LogP contribution is 2.56. The van der Waals surface area contributed by atoms with E-state index >= 15 is 0 Å². The van der Waals surface area contributed by atoms with Crippen molar-refractivity contribution < 1.29 is 0 Å². The first-order valence-electron chi connectivity index (χ1n) is 17.0. The lowest BCUT2D eigenvalue weighted by Gasteiger charge is -2.35. The monoisotopic (exact) mass is 657 g/mol. The molecule has 0 fully saturated rings. The molecule has 5 rings (SSSR count). The molecule has 0 saturated carbocycles. The number of rotatable bonds is 15. The van der Waals surface area contributed by atoms with Crippen molar-refractivity contribution in [3.8, 4) is 21.7 Å². The summed E-state index contributed by atoms with van der Waals surface area (Å²) in [6.45, 7) is 14.4. The van der Waals surface area contributed by atoms with E-state index in [-0.39, 0.29) is 5.41 Å². The Bertz CT molecular complexity index is 1440. The van der Waals surface area contributed by atoms with Crippen molar-refractivity contribution in [1.82, 2.24) is 4.98 Å². The predicted molar refractivity (Wildman–Crippen MR) is 193 cm³/mol. The third kappa shape index (κ3) is 7.64. The fourth-order valence-corrected chi connectivity index (χ4v) is 8.61. The van der Waals surface area contributed by atoms with Gasteiger partial charge < -0.3 is 0 Å². The quantitative estimate of drug-likeness (QED) is 0.124. The van der Waals surface area contributed by atoms with Gasteiger partial charge in [0.2, 0.25) is 0 Å². The van der Waals surface area contributed by atoms with Crippen molar-refractivity contribution in [3.05, 3.63) is 76.3 Å². The standard InChI is InChI=1S/C40H52BrNS/c1-27(2)11-9-13-29(5)21-23-40(24-22-30(6)14-10-12-28(3)4)35-25-31(39-42-37-15-7-8-16-38(37)43-39)17-19-33(35)34-20-18-32(41)26-36(34)40/h7-8,15-20,25-30H,9-14,21-24H2,1-6H3. The highest BCUT2D eigenvalue weighted by Gasteiger charge is 2.43.